The summed E-state index contributed by atoms with van der Waals surface area (Å²) in [5, 5.41) is 10.5. The molecule has 8 nitrogen and oxygen atoms in total. The summed E-state index contributed by atoms with van der Waals surface area (Å²) in [6.07, 6.45) is 2.50. The molecule has 2 aliphatic heterocycles. The highest BCUT2D eigenvalue weighted by atomic mass is 16.5. The molecule has 1 saturated heterocycles. The third-order valence-electron chi connectivity index (χ3n) is 6.55. The van der Waals surface area contributed by atoms with Gasteiger partial charge >= 0.3 is 18.5 Å². The normalized spacial score (nSPS) is 19.6. The Balaban J connectivity index is 1.61. The average molecular weight is 461 g/mol. The predicted octanol–water partition coefficient (Wildman–Crippen LogP) is 2.80. The molecular weight excluding hydrogens is 433 g/mol. The number of nitrogens with zero attached hydrogens (tertiary/aromatic N) is 3. The van der Waals surface area contributed by atoms with Crippen LogP contribution < -0.4 is 16.1 Å². The minimum atomic E-state index is -1.01. The van der Waals surface area contributed by atoms with Gasteiger partial charge in [0, 0.05) is 6.32 Å². The van der Waals surface area contributed by atoms with E-state index in [0.717, 1.165) is 36.2 Å². The monoisotopic (exact) mass is 461 g/mol. The Labute approximate surface area is 197 Å². The molecule has 1 fully saturated rings. The number of hydrogen-bond acceptors (Lipinski definition) is 5. The molecule has 34 heavy (non-hydrogen) atoms. The second-order valence-electron chi connectivity index (χ2n) is 8.77. The highest BCUT2D eigenvalue weighted by Crippen LogP contribution is 2.39. The number of fused-ring (bicyclic) bond motifs is 3. The molecule has 5 rings (SSSR count). The number of benzene rings is 2. The van der Waals surface area contributed by atoms with Gasteiger partial charge in [-0.05, 0) is 41.8 Å². The molecule has 2 aliphatic rings. The van der Waals surface area contributed by atoms with Crippen molar-refractivity contribution in [1.29, 1.82) is 0 Å². The first-order chi connectivity index (χ1) is 16.6. The fraction of sp³-hybridized carbons (Fsp3) is 0.360. The highest BCUT2D eigenvalue weighted by Gasteiger charge is 2.43. The largest absolute Gasteiger partial charge is 0.489 e. The Bertz CT molecular complexity index is 1300. The van der Waals surface area contributed by atoms with Gasteiger partial charge < -0.3 is 14.4 Å². The van der Waals surface area contributed by atoms with Crippen molar-refractivity contribution >= 4 is 7.12 Å². The van der Waals surface area contributed by atoms with Gasteiger partial charge in [0.2, 0.25) is 0 Å². The zero-order chi connectivity index (χ0) is 23.7. The highest BCUT2D eigenvalue weighted by molar-refractivity contribution is 6.43. The van der Waals surface area contributed by atoms with Crippen molar-refractivity contribution in [3.63, 3.8) is 0 Å². The van der Waals surface area contributed by atoms with E-state index in [1.54, 1.807) is 24.3 Å². The summed E-state index contributed by atoms with van der Waals surface area (Å²) >= 11 is 0. The Hall–Kier alpha value is -3.30. The zero-order valence-corrected chi connectivity index (χ0v) is 19.2. The van der Waals surface area contributed by atoms with E-state index in [4.69, 9.17) is 9.39 Å². The molecular formula is C25H28BN3O5. The maximum atomic E-state index is 13.5. The van der Waals surface area contributed by atoms with Crippen molar-refractivity contribution in [3.05, 3.63) is 92.8 Å². The molecule has 2 aromatic carbocycles. The van der Waals surface area contributed by atoms with E-state index in [0.29, 0.717) is 5.69 Å². The van der Waals surface area contributed by atoms with Crippen molar-refractivity contribution in [2.75, 3.05) is 6.61 Å². The van der Waals surface area contributed by atoms with Crippen LogP contribution in [0, 0.1) is 0 Å². The summed E-state index contributed by atoms with van der Waals surface area (Å²) in [5.41, 5.74) is 1.56. The van der Waals surface area contributed by atoms with E-state index >= 15 is 0 Å². The van der Waals surface area contributed by atoms with Gasteiger partial charge in [0.05, 0.1) is 24.4 Å². The van der Waals surface area contributed by atoms with Gasteiger partial charge in [0.25, 0.3) is 0 Å². The fourth-order valence-corrected chi connectivity index (χ4v) is 4.99. The number of ether oxygens (including phenoxy) is 1. The van der Waals surface area contributed by atoms with Gasteiger partial charge in [0.15, 0.2) is 0 Å². The number of aromatic nitrogens is 3. The quantitative estimate of drug-likeness (QED) is 0.432. The van der Waals surface area contributed by atoms with Gasteiger partial charge in [0.1, 0.15) is 12.4 Å². The summed E-state index contributed by atoms with van der Waals surface area (Å²) in [7, 11) is -1.01. The Kier molecular flexibility index (Phi) is 6.30. The lowest BCUT2D eigenvalue weighted by Gasteiger charge is -2.40. The van der Waals surface area contributed by atoms with E-state index in [-0.39, 0.29) is 25.6 Å². The number of para-hydroxylation sites is 2. The first kappa shape index (κ1) is 22.5. The number of unbranched alkanes of at least 4 members (excludes halogenated alkanes) is 1. The fourth-order valence-electron chi connectivity index (χ4n) is 4.99. The second kappa shape index (κ2) is 9.52. The van der Waals surface area contributed by atoms with Gasteiger partial charge in [-0.2, -0.15) is 0 Å². The maximum absolute atomic E-state index is 13.5. The molecule has 1 aromatic heterocycles. The predicted molar refractivity (Wildman–Crippen MR) is 129 cm³/mol. The summed E-state index contributed by atoms with van der Waals surface area (Å²) in [5.74, 6) is 0.728. The summed E-state index contributed by atoms with van der Waals surface area (Å²) in [6.45, 7) is 2.61. The van der Waals surface area contributed by atoms with Crippen LogP contribution >= 0.6 is 0 Å². The summed E-state index contributed by atoms with van der Waals surface area (Å²) in [4.78, 5) is 26.9. The van der Waals surface area contributed by atoms with Crippen LogP contribution in [0.1, 0.15) is 32.2 Å². The second-order valence-corrected chi connectivity index (χ2v) is 8.77. The Morgan fingerprint density at radius 1 is 1.06 bits per heavy atom. The summed E-state index contributed by atoms with van der Waals surface area (Å²) < 4.78 is 16.2. The van der Waals surface area contributed by atoms with Crippen LogP contribution in [0.15, 0.2) is 81.4 Å². The van der Waals surface area contributed by atoms with Crippen LogP contribution in [0.4, 0.5) is 0 Å². The van der Waals surface area contributed by atoms with E-state index < -0.39 is 24.5 Å². The molecule has 0 unspecified atom stereocenters. The van der Waals surface area contributed by atoms with Gasteiger partial charge in [-0.1, -0.05) is 56.2 Å². The van der Waals surface area contributed by atoms with Gasteiger partial charge in [-0.15, -0.1) is 0 Å². The van der Waals surface area contributed by atoms with Gasteiger partial charge in [-0.3, -0.25) is 0 Å². The van der Waals surface area contributed by atoms with Crippen LogP contribution in [0.2, 0.25) is 6.32 Å². The molecule has 0 spiro atoms. The topological polar surface area (TPSA) is 87.6 Å². The SMILES string of the molecule is CCCC[C@H]1OB(O)C[C@H]2C1=C(COc1ccccc1)Cn1c(=O)n(-c3ccccc3)c(=O)n12. The van der Waals surface area contributed by atoms with E-state index in [1.165, 1.54) is 13.9 Å². The van der Waals surface area contributed by atoms with Crippen LogP contribution in [0.5, 0.6) is 5.75 Å². The van der Waals surface area contributed by atoms with Gasteiger partial charge in [-0.25, -0.2) is 23.5 Å². The van der Waals surface area contributed by atoms with Crippen LogP contribution in [0.3, 0.4) is 0 Å². The molecule has 9 heteroatoms. The Morgan fingerprint density at radius 3 is 2.47 bits per heavy atom. The zero-order valence-electron chi connectivity index (χ0n) is 19.2. The molecule has 1 N–H and O–H groups in total. The third-order valence-corrected chi connectivity index (χ3v) is 6.55. The molecule has 3 aromatic rings. The minimum Gasteiger partial charge on any atom is -0.489 e. The smallest absolute Gasteiger partial charge is 0.457 e. The lowest BCUT2D eigenvalue weighted by molar-refractivity contribution is 0.136. The van der Waals surface area contributed by atoms with Crippen molar-refractivity contribution in [2.45, 2.75) is 51.2 Å². The molecule has 176 valence electrons. The molecule has 2 atom stereocenters. The lowest BCUT2D eigenvalue weighted by Crippen LogP contribution is -2.47. The lowest BCUT2D eigenvalue weighted by atomic mass is 9.71. The van der Waals surface area contributed by atoms with E-state index in [9.17, 15) is 14.6 Å². The summed E-state index contributed by atoms with van der Waals surface area (Å²) in [6, 6.07) is 17.9. The molecule has 3 heterocycles. The third kappa shape index (κ3) is 4.06. The first-order valence-corrected chi connectivity index (χ1v) is 11.8. The molecule has 0 aliphatic carbocycles. The first-order valence-electron chi connectivity index (χ1n) is 11.8. The molecule has 0 amide bonds. The minimum absolute atomic E-state index is 0.199. The van der Waals surface area contributed by atoms with E-state index in [1.807, 2.05) is 36.4 Å². The van der Waals surface area contributed by atoms with Crippen molar-refractivity contribution in [3.8, 4) is 11.4 Å². The molecule has 0 radical (unpaired) electrons. The molecule has 0 bridgehead atoms. The number of rotatable bonds is 7. The maximum Gasteiger partial charge on any atom is 0.457 e. The van der Waals surface area contributed by atoms with E-state index in [2.05, 4.69) is 6.92 Å². The van der Waals surface area contributed by atoms with Crippen molar-refractivity contribution in [1.82, 2.24) is 13.9 Å². The average Bonchev–Trinajstić information content (AvgIpc) is 3.11. The van der Waals surface area contributed by atoms with Crippen LogP contribution in [-0.4, -0.2) is 38.8 Å². The van der Waals surface area contributed by atoms with Crippen molar-refractivity contribution in [2.24, 2.45) is 0 Å². The van der Waals surface area contributed by atoms with Crippen molar-refractivity contribution < 1.29 is 14.4 Å². The number of hydrogen-bond donors (Lipinski definition) is 1. The molecule has 0 saturated carbocycles. The Morgan fingerprint density at radius 2 is 1.76 bits per heavy atom. The van der Waals surface area contributed by atoms with Crippen LogP contribution in [-0.2, 0) is 11.2 Å². The standard InChI is InChI=1S/C25H28BN3O5/c1-2-3-14-22-23-18(17-33-20-12-8-5-9-13-20)16-27-24(30)28(19-10-6-4-7-11-19)25(31)29(27)21(23)15-26(32)34-22/h4-13,21-22,32H,2-3,14-17H2,1H3/t21-,22+/m0/s1. The van der Waals surface area contributed by atoms with Crippen LogP contribution in [0.25, 0.3) is 5.69 Å².